The number of hydrogen-bond donors (Lipinski definition) is 2. The van der Waals surface area contributed by atoms with E-state index in [2.05, 4.69) is 10.6 Å². The van der Waals surface area contributed by atoms with E-state index in [-0.39, 0.29) is 30.7 Å². The smallest absolute Gasteiger partial charge is 0.220 e. The number of likely N-dealkylation sites (N-methyl/N-ethyl adjacent to an activating group) is 1. The summed E-state index contributed by atoms with van der Waals surface area (Å²) in [6, 6.07) is -0.281. The molecule has 1 unspecified atom stereocenters. The molecule has 0 spiro atoms. The maximum atomic E-state index is 11.0. The third kappa shape index (κ3) is 5.42. The van der Waals surface area contributed by atoms with Crippen molar-refractivity contribution in [3.05, 3.63) is 0 Å². The number of amides is 1. The number of aldehydes is 1. The van der Waals surface area contributed by atoms with Crippen LogP contribution in [0.2, 0.25) is 0 Å². The minimum Gasteiger partial charge on any atom is -0.349 e. The van der Waals surface area contributed by atoms with Gasteiger partial charge in [0.2, 0.25) is 5.91 Å². The topological polar surface area (TPSA) is 75.3 Å². The predicted molar refractivity (Wildman–Crippen MR) is 51.8 cm³/mol. The third-order valence-corrected chi connectivity index (χ3v) is 1.88. The first-order valence-corrected chi connectivity index (χ1v) is 4.49. The number of carbonyl (C=O) groups is 3. The van der Waals surface area contributed by atoms with Crippen molar-refractivity contribution in [1.82, 2.24) is 10.6 Å². The molecule has 0 fully saturated rings. The highest BCUT2D eigenvalue weighted by atomic mass is 16.2. The molecule has 0 aliphatic rings. The largest absolute Gasteiger partial charge is 0.349 e. The molecule has 0 aliphatic carbocycles. The van der Waals surface area contributed by atoms with E-state index in [1.54, 1.807) is 7.05 Å². The highest BCUT2D eigenvalue weighted by molar-refractivity contribution is 5.83. The fourth-order valence-electron chi connectivity index (χ4n) is 1.07. The molecule has 0 aromatic heterocycles. The summed E-state index contributed by atoms with van der Waals surface area (Å²) in [5, 5.41) is 5.22. The summed E-state index contributed by atoms with van der Waals surface area (Å²) in [5.41, 5.74) is 0. The normalized spacial score (nSPS) is 11.9. The average Bonchev–Trinajstić information content (AvgIpc) is 2.15. The van der Waals surface area contributed by atoms with Crippen molar-refractivity contribution in [2.24, 2.45) is 0 Å². The van der Waals surface area contributed by atoms with E-state index in [4.69, 9.17) is 0 Å². The Morgan fingerprint density at radius 1 is 1.43 bits per heavy atom. The second-order valence-electron chi connectivity index (χ2n) is 2.96. The van der Waals surface area contributed by atoms with Gasteiger partial charge in [0.15, 0.2) is 0 Å². The zero-order chi connectivity index (χ0) is 11.0. The number of hydrogen-bond acceptors (Lipinski definition) is 4. The van der Waals surface area contributed by atoms with E-state index in [1.165, 1.54) is 6.92 Å². The lowest BCUT2D eigenvalue weighted by molar-refractivity contribution is -0.123. The van der Waals surface area contributed by atoms with Crippen LogP contribution in [-0.2, 0) is 14.4 Å². The standard InChI is InChI=1S/C9H16N2O3/c1-7(13)8(10-2)3-4-9(14)11-5-6-12/h6,8,10H,3-5H2,1-2H3,(H,11,14). The molecule has 0 rings (SSSR count). The van der Waals surface area contributed by atoms with Gasteiger partial charge in [-0.05, 0) is 20.4 Å². The summed E-state index contributed by atoms with van der Waals surface area (Å²) < 4.78 is 0. The van der Waals surface area contributed by atoms with Gasteiger partial charge in [-0.25, -0.2) is 0 Å². The second kappa shape index (κ2) is 7.20. The first kappa shape index (κ1) is 12.8. The highest BCUT2D eigenvalue weighted by Crippen LogP contribution is 1.97. The summed E-state index contributed by atoms with van der Waals surface area (Å²) in [6.07, 6.45) is 1.33. The Morgan fingerprint density at radius 3 is 2.50 bits per heavy atom. The van der Waals surface area contributed by atoms with Crippen LogP contribution in [0.5, 0.6) is 0 Å². The Morgan fingerprint density at radius 2 is 2.07 bits per heavy atom. The molecule has 0 aromatic rings. The lowest BCUT2D eigenvalue weighted by Crippen LogP contribution is -2.34. The molecule has 80 valence electrons. The van der Waals surface area contributed by atoms with Gasteiger partial charge in [-0.15, -0.1) is 0 Å². The molecule has 0 saturated carbocycles. The van der Waals surface area contributed by atoms with E-state index < -0.39 is 0 Å². The van der Waals surface area contributed by atoms with E-state index in [0.29, 0.717) is 12.7 Å². The lowest BCUT2D eigenvalue weighted by atomic mass is 10.1. The van der Waals surface area contributed by atoms with E-state index in [9.17, 15) is 14.4 Å². The predicted octanol–water partition coefficient (Wildman–Crippen LogP) is -0.741. The minimum absolute atomic E-state index is 0.00990. The molecule has 0 aromatic carbocycles. The van der Waals surface area contributed by atoms with Crippen molar-refractivity contribution in [3.8, 4) is 0 Å². The number of carbonyl (C=O) groups excluding carboxylic acids is 3. The van der Waals surface area contributed by atoms with E-state index in [0.717, 1.165) is 0 Å². The second-order valence-corrected chi connectivity index (χ2v) is 2.96. The molecular formula is C9H16N2O3. The molecule has 0 aliphatic heterocycles. The molecule has 0 saturated heterocycles. The Bertz CT molecular complexity index is 216. The summed E-state index contributed by atoms with van der Waals surface area (Å²) in [5.74, 6) is -0.200. The number of nitrogens with one attached hydrogen (secondary N) is 2. The van der Waals surface area contributed by atoms with Crippen LogP contribution in [0.3, 0.4) is 0 Å². The molecule has 2 N–H and O–H groups in total. The van der Waals surface area contributed by atoms with Gasteiger partial charge < -0.3 is 15.4 Å². The molecular weight excluding hydrogens is 184 g/mol. The van der Waals surface area contributed by atoms with Crippen molar-refractivity contribution in [3.63, 3.8) is 0 Å². The lowest BCUT2D eigenvalue weighted by Gasteiger charge is -2.11. The summed E-state index contributed by atoms with van der Waals surface area (Å²) >= 11 is 0. The van der Waals surface area contributed by atoms with E-state index in [1.807, 2.05) is 0 Å². The average molecular weight is 200 g/mol. The first-order valence-electron chi connectivity index (χ1n) is 4.49. The summed E-state index contributed by atoms with van der Waals surface area (Å²) in [4.78, 5) is 31.9. The molecule has 5 nitrogen and oxygen atoms in total. The van der Waals surface area contributed by atoms with Crippen molar-refractivity contribution >= 4 is 18.0 Å². The van der Waals surface area contributed by atoms with Crippen molar-refractivity contribution < 1.29 is 14.4 Å². The molecule has 1 atom stereocenters. The monoisotopic (exact) mass is 200 g/mol. The van der Waals surface area contributed by atoms with Crippen molar-refractivity contribution in [2.45, 2.75) is 25.8 Å². The van der Waals surface area contributed by atoms with Crippen molar-refractivity contribution in [1.29, 1.82) is 0 Å². The van der Waals surface area contributed by atoms with Gasteiger partial charge in [0.25, 0.3) is 0 Å². The van der Waals surface area contributed by atoms with Crippen LogP contribution >= 0.6 is 0 Å². The fraction of sp³-hybridized carbons (Fsp3) is 0.667. The number of Topliss-reactive ketones (excluding diaryl/α,β-unsaturated/α-hetero) is 1. The molecule has 0 heterocycles. The Labute approximate surface area is 83.2 Å². The SMILES string of the molecule is CNC(CCC(=O)NCC=O)C(C)=O. The van der Waals surface area contributed by atoms with Gasteiger partial charge >= 0.3 is 0 Å². The first-order chi connectivity index (χ1) is 6.61. The van der Waals surface area contributed by atoms with Gasteiger partial charge in [0, 0.05) is 6.42 Å². The van der Waals surface area contributed by atoms with Gasteiger partial charge in [0.05, 0.1) is 12.6 Å². The van der Waals surface area contributed by atoms with E-state index >= 15 is 0 Å². The fourth-order valence-corrected chi connectivity index (χ4v) is 1.07. The van der Waals surface area contributed by atoms with Gasteiger partial charge in [-0.3, -0.25) is 9.59 Å². The van der Waals surface area contributed by atoms with Crippen LogP contribution in [-0.4, -0.2) is 37.6 Å². The quantitative estimate of drug-likeness (QED) is 0.531. The van der Waals surface area contributed by atoms with Crippen LogP contribution in [0.1, 0.15) is 19.8 Å². The van der Waals surface area contributed by atoms with Crippen LogP contribution in [0.25, 0.3) is 0 Å². The van der Waals surface area contributed by atoms with Gasteiger partial charge in [-0.2, -0.15) is 0 Å². The zero-order valence-electron chi connectivity index (χ0n) is 8.50. The minimum atomic E-state index is -0.281. The zero-order valence-corrected chi connectivity index (χ0v) is 8.50. The van der Waals surface area contributed by atoms with Gasteiger partial charge in [0.1, 0.15) is 12.1 Å². The van der Waals surface area contributed by atoms with Crippen LogP contribution in [0, 0.1) is 0 Å². The van der Waals surface area contributed by atoms with Crippen molar-refractivity contribution in [2.75, 3.05) is 13.6 Å². The number of ketones is 1. The van der Waals surface area contributed by atoms with Crippen LogP contribution in [0.15, 0.2) is 0 Å². The molecule has 5 heteroatoms. The molecule has 0 radical (unpaired) electrons. The number of rotatable bonds is 7. The van der Waals surface area contributed by atoms with Crippen LogP contribution in [0.4, 0.5) is 0 Å². The Hall–Kier alpha value is -1.23. The molecule has 0 bridgehead atoms. The van der Waals surface area contributed by atoms with Crippen LogP contribution < -0.4 is 10.6 Å². The highest BCUT2D eigenvalue weighted by Gasteiger charge is 2.12. The maximum Gasteiger partial charge on any atom is 0.220 e. The summed E-state index contributed by atoms with van der Waals surface area (Å²) in [7, 11) is 1.68. The maximum absolute atomic E-state index is 11.0. The molecule has 14 heavy (non-hydrogen) atoms. The Balaban J connectivity index is 3.73. The third-order valence-electron chi connectivity index (χ3n) is 1.88. The van der Waals surface area contributed by atoms with Gasteiger partial charge in [-0.1, -0.05) is 0 Å². The summed E-state index contributed by atoms with van der Waals surface area (Å²) in [6.45, 7) is 1.51. The Kier molecular flexibility index (Phi) is 6.57. The molecule has 1 amide bonds.